The topological polar surface area (TPSA) is 37.4 Å². The molecule has 1 aromatic rings. The smallest absolute Gasteiger partial charge is 0.236 e. The molecule has 2 heterocycles. The van der Waals surface area contributed by atoms with Crippen molar-refractivity contribution in [1.82, 2.24) is 4.90 Å². The highest BCUT2D eigenvalue weighted by Gasteiger charge is 2.30. The van der Waals surface area contributed by atoms with Gasteiger partial charge in [-0.05, 0) is 25.3 Å². The van der Waals surface area contributed by atoms with Gasteiger partial charge in [0.25, 0.3) is 0 Å². The van der Waals surface area contributed by atoms with E-state index in [1.807, 2.05) is 23.3 Å². The largest absolute Gasteiger partial charge is 0.329 e. The van der Waals surface area contributed by atoms with E-state index in [0.717, 1.165) is 23.4 Å². The summed E-state index contributed by atoms with van der Waals surface area (Å²) in [5, 5.41) is 1.56. The predicted molar refractivity (Wildman–Crippen MR) is 79.3 cm³/mol. The summed E-state index contributed by atoms with van der Waals surface area (Å²) in [6.07, 6.45) is 0. The van der Waals surface area contributed by atoms with Gasteiger partial charge in [0, 0.05) is 11.8 Å². The Morgan fingerprint density at radius 3 is 2.89 bits per heavy atom. The fourth-order valence-electron chi connectivity index (χ4n) is 1.72. The van der Waals surface area contributed by atoms with Gasteiger partial charge in [-0.25, -0.2) is 0 Å². The van der Waals surface area contributed by atoms with Gasteiger partial charge in [0.15, 0.2) is 0 Å². The number of thioether (sulfide) groups is 2. The van der Waals surface area contributed by atoms with Crippen LogP contribution in [0.15, 0.2) is 17.5 Å². The highest BCUT2D eigenvalue weighted by Crippen LogP contribution is 2.26. The van der Waals surface area contributed by atoms with Crippen LogP contribution in [-0.2, 0) is 4.79 Å². The van der Waals surface area contributed by atoms with Crippen LogP contribution in [0.4, 0.5) is 0 Å². The van der Waals surface area contributed by atoms with Gasteiger partial charge in [-0.15, -0.1) is 23.1 Å². The zero-order valence-corrected chi connectivity index (χ0v) is 12.7. The summed E-state index contributed by atoms with van der Waals surface area (Å²) in [6.45, 7) is 3.87. The third-order valence-corrected chi connectivity index (χ3v) is 5.92. The molecule has 1 aromatic heterocycles. The Bertz CT molecular complexity index is 433. The fourth-order valence-corrected chi connectivity index (χ4v) is 4.51. The van der Waals surface area contributed by atoms with E-state index < -0.39 is 0 Å². The Labute approximate surface area is 119 Å². The highest BCUT2D eigenvalue weighted by atomic mass is 32.2. The van der Waals surface area contributed by atoms with Crippen LogP contribution in [0.1, 0.15) is 23.5 Å². The molecule has 6 heteroatoms. The third-order valence-electron chi connectivity index (χ3n) is 2.76. The second-order valence-corrected chi connectivity index (χ2v) is 7.44. The Kier molecular flexibility index (Phi) is 4.75. The van der Waals surface area contributed by atoms with Crippen molar-refractivity contribution < 1.29 is 9.59 Å². The molecule has 0 aromatic carbocycles. The lowest BCUT2D eigenvalue weighted by Crippen LogP contribution is -2.39. The number of hydrogen-bond donors (Lipinski definition) is 0. The molecule has 0 aliphatic carbocycles. The molecule has 3 nitrogen and oxygen atoms in total. The first-order valence-electron chi connectivity index (χ1n) is 5.72. The average molecular weight is 301 g/mol. The van der Waals surface area contributed by atoms with Gasteiger partial charge in [-0.1, -0.05) is 17.8 Å². The van der Waals surface area contributed by atoms with E-state index in [2.05, 4.69) is 6.92 Å². The van der Waals surface area contributed by atoms with Crippen molar-refractivity contribution in [2.75, 3.05) is 11.6 Å². The van der Waals surface area contributed by atoms with Crippen molar-refractivity contribution in [3.8, 4) is 0 Å². The summed E-state index contributed by atoms with van der Waals surface area (Å²) in [4.78, 5) is 26.7. The van der Waals surface area contributed by atoms with Gasteiger partial charge in [0.05, 0.1) is 16.0 Å². The molecule has 1 aliphatic rings. The quantitative estimate of drug-likeness (QED) is 0.860. The number of nitrogens with zero attached hydrogens (tertiary/aromatic N) is 1. The molecular weight excluding hydrogens is 286 g/mol. The van der Waals surface area contributed by atoms with Crippen LogP contribution in [0.25, 0.3) is 0 Å². The lowest BCUT2D eigenvalue weighted by atomic mass is 10.3. The first-order chi connectivity index (χ1) is 8.59. The Balaban J connectivity index is 1.93. The molecule has 98 valence electrons. The zero-order chi connectivity index (χ0) is 13.1. The van der Waals surface area contributed by atoms with E-state index in [1.54, 1.807) is 17.8 Å². The molecular formula is C12H15NO2S3. The lowest BCUT2D eigenvalue weighted by Gasteiger charge is -2.23. The molecule has 1 amide bonds. The molecule has 1 saturated heterocycles. The summed E-state index contributed by atoms with van der Waals surface area (Å²) in [5.74, 6) is 1.81. The van der Waals surface area contributed by atoms with E-state index in [4.69, 9.17) is 0 Å². The average Bonchev–Trinajstić information content (AvgIpc) is 2.98. The normalized spacial score (nSPS) is 21.0. The van der Waals surface area contributed by atoms with Gasteiger partial charge in [0.2, 0.25) is 11.0 Å². The van der Waals surface area contributed by atoms with Gasteiger partial charge in [-0.3, -0.25) is 9.59 Å². The predicted octanol–water partition coefficient (Wildman–Crippen LogP) is 2.93. The Morgan fingerprint density at radius 1 is 1.56 bits per heavy atom. The van der Waals surface area contributed by atoms with Crippen LogP contribution < -0.4 is 0 Å². The number of carbonyl (C=O) groups excluding carboxylic acids is 2. The number of rotatable bonds is 3. The summed E-state index contributed by atoms with van der Waals surface area (Å²) in [6, 6.07) is 3.93. The number of thiophene rings is 1. The summed E-state index contributed by atoms with van der Waals surface area (Å²) in [7, 11) is 0. The monoisotopic (exact) mass is 301 g/mol. The molecule has 0 spiro atoms. The van der Waals surface area contributed by atoms with Gasteiger partial charge in [0.1, 0.15) is 0 Å². The highest BCUT2D eigenvalue weighted by molar-refractivity contribution is 8.15. The standard InChI is InChI=1S/C12H15NO2S3/c1-8-6-16-7-13(8)11(14)9(2)18-12(15)10-4-3-5-17-10/h3-5,8-9H,6-7H2,1-2H3. The second-order valence-electron chi connectivity index (χ2n) is 4.18. The molecule has 0 saturated carbocycles. The molecule has 1 aliphatic heterocycles. The van der Waals surface area contributed by atoms with Crippen LogP contribution in [0.3, 0.4) is 0 Å². The first-order valence-corrected chi connectivity index (χ1v) is 8.63. The van der Waals surface area contributed by atoms with Crippen molar-refractivity contribution in [3.05, 3.63) is 22.4 Å². The third kappa shape index (κ3) is 3.10. The number of amides is 1. The van der Waals surface area contributed by atoms with Crippen molar-refractivity contribution in [1.29, 1.82) is 0 Å². The minimum Gasteiger partial charge on any atom is -0.329 e. The number of hydrogen-bond acceptors (Lipinski definition) is 5. The van der Waals surface area contributed by atoms with E-state index in [-0.39, 0.29) is 22.3 Å². The molecule has 0 radical (unpaired) electrons. The van der Waals surface area contributed by atoms with E-state index >= 15 is 0 Å². The maximum Gasteiger partial charge on any atom is 0.236 e. The first kappa shape index (κ1) is 14.0. The fraction of sp³-hybridized carbons (Fsp3) is 0.500. The molecule has 2 rings (SSSR count). The van der Waals surface area contributed by atoms with Gasteiger partial charge in [-0.2, -0.15) is 0 Å². The van der Waals surface area contributed by atoms with E-state index in [1.165, 1.54) is 11.3 Å². The minimum atomic E-state index is -0.305. The van der Waals surface area contributed by atoms with Crippen molar-refractivity contribution in [3.63, 3.8) is 0 Å². The Morgan fingerprint density at radius 2 is 2.33 bits per heavy atom. The maximum atomic E-state index is 12.2. The molecule has 2 unspecified atom stereocenters. The Hall–Kier alpha value is -0.460. The molecule has 0 bridgehead atoms. The van der Waals surface area contributed by atoms with Gasteiger partial charge < -0.3 is 4.90 Å². The van der Waals surface area contributed by atoms with Gasteiger partial charge >= 0.3 is 0 Å². The van der Waals surface area contributed by atoms with Crippen LogP contribution in [0.5, 0.6) is 0 Å². The zero-order valence-electron chi connectivity index (χ0n) is 10.3. The van der Waals surface area contributed by atoms with Crippen LogP contribution in [-0.4, -0.2) is 38.8 Å². The van der Waals surface area contributed by atoms with E-state index in [9.17, 15) is 9.59 Å². The maximum absolute atomic E-state index is 12.2. The summed E-state index contributed by atoms with van der Waals surface area (Å²) in [5.41, 5.74) is 0. The van der Waals surface area contributed by atoms with Crippen LogP contribution >= 0.6 is 34.9 Å². The van der Waals surface area contributed by atoms with Crippen LogP contribution in [0, 0.1) is 0 Å². The lowest BCUT2D eigenvalue weighted by molar-refractivity contribution is -0.130. The van der Waals surface area contributed by atoms with Crippen molar-refractivity contribution >= 4 is 45.9 Å². The van der Waals surface area contributed by atoms with Crippen molar-refractivity contribution in [2.24, 2.45) is 0 Å². The van der Waals surface area contributed by atoms with Crippen LogP contribution in [0.2, 0.25) is 0 Å². The summed E-state index contributed by atoms with van der Waals surface area (Å²) >= 11 is 4.31. The second kappa shape index (κ2) is 6.12. The number of carbonyl (C=O) groups is 2. The van der Waals surface area contributed by atoms with Crippen molar-refractivity contribution in [2.45, 2.75) is 25.1 Å². The van der Waals surface area contributed by atoms with E-state index in [0.29, 0.717) is 4.88 Å². The molecule has 0 N–H and O–H groups in total. The molecule has 2 atom stereocenters. The SMILES string of the molecule is CC(SC(=O)c1cccs1)C(=O)N1CSCC1C. The summed E-state index contributed by atoms with van der Waals surface area (Å²) < 4.78 is 0. The minimum absolute atomic E-state index is 0.00893. The molecule has 18 heavy (non-hydrogen) atoms. The molecule has 1 fully saturated rings.